The standard InChI is InChI=1S/C16H18N2O3/c1-3-12-6-4-5-7-14(12)18-15(19)11-21-13-8-9-16(20-2)17-10-13/h4-10H,3,11H2,1-2H3,(H,18,19). The summed E-state index contributed by atoms with van der Waals surface area (Å²) in [5.74, 6) is 0.824. The zero-order valence-electron chi connectivity index (χ0n) is 12.1. The minimum Gasteiger partial charge on any atom is -0.482 e. The molecular formula is C16H18N2O3. The maximum Gasteiger partial charge on any atom is 0.262 e. The summed E-state index contributed by atoms with van der Waals surface area (Å²) < 4.78 is 10.3. The Hall–Kier alpha value is -2.56. The number of rotatable bonds is 6. The molecular weight excluding hydrogens is 268 g/mol. The molecule has 1 amide bonds. The van der Waals surface area contributed by atoms with E-state index < -0.39 is 0 Å². The summed E-state index contributed by atoms with van der Waals surface area (Å²) in [7, 11) is 1.54. The van der Waals surface area contributed by atoms with E-state index in [-0.39, 0.29) is 12.5 Å². The van der Waals surface area contributed by atoms with Crippen LogP contribution in [-0.4, -0.2) is 24.6 Å². The third-order valence-electron chi connectivity index (χ3n) is 2.96. The molecule has 2 aromatic rings. The predicted molar refractivity (Wildman–Crippen MR) is 80.7 cm³/mol. The molecule has 5 heteroatoms. The SMILES string of the molecule is CCc1ccccc1NC(=O)COc1ccc(OC)nc1. The van der Waals surface area contributed by atoms with Crippen molar-refractivity contribution in [2.45, 2.75) is 13.3 Å². The summed E-state index contributed by atoms with van der Waals surface area (Å²) in [5.41, 5.74) is 1.92. The Morgan fingerprint density at radius 2 is 2.05 bits per heavy atom. The number of benzene rings is 1. The molecule has 1 aromatic carbocycles. The highest BCUT2D eigenvalue weighted by molar-refractivity contribution is 5.92. The first-order valence-corrected chi connectivity index (χ1v) is 6.73. The Morgan fingerprint density at radius 3 is 2.71 bits per heavy atom. The largest absolute Gasteiger partial charge is 0.482 e. The van der Waals surface area contributed by atoms with Gasteiger partial charge in [0, 0.05) is 11.8 Å². The molecule has 0 radical (unpaired) electrons. The normalized spacial score (nSPS) is 10.0. The minimum atomic E-state index is -0.202. The van der Waals surface area contributed by atoms with Gasteiger partial charge < -0.3 is 14.8 Å². The Bertz CT molecular complexity index is 597. The zero-order valence-corrected chi connectivity index (χ0v) is 12.1. The Labute approximate surface area is 123 Å². The summed E-state index contributed by atoms with van der Waals surface area (Å²) in [6, 6.07) is 11.1. The van der Waals surface area contributed by atoms with Crippen molar-refractivity contribution in [2.24, 2.45) is 0 Å². The molecule has 110 valence electrons. The Morgan fingerprint density at radius 1 is 1.24 bits per heavy atom. The summed E-state index contributed by atoms with van der Waals surface area (Å²) >= 11 is 0. The van der Waals surface area contributed by atoms with E-state index in [2.05, 4.69) is 10.3 Å². The summed E-state index contributed by atoms with van der Waals surface area (Å²) in [6.07, 6.45) is 2.38. The second-order valence-corrected chi connectivity index (χ2v) is 4.38. The first kappa shape index (κ1) is 14.8. The number of pyridine rings is 1. The van der Waals surface area contributed by atoms with E-state index in [0.717, 1.165) is 17.7 Å². The summed E-state index contributed by atoms with van der Waals surface area (Å²) in [5, 5.41) is 2.85. The number of nitrogens with one attached hydrogen (secondary N) is 1. The molecule has 0 saturated heterocycles. The van der Waals surface area contributed by atoms with Crippen LogP contribution in [0.15, 0.2) is 42.6 Å². The fourth-order valence-corrected chi connectivity index (χ4v) is 1.86. The van der Waals surface area contributed by atoms with Crippen molar-refractivity contribution in [3.8, 4) is 11.6 Å². The predicted octanol–water partition coefficient (Wildman–Crippen LogP) is 2.67. The fraction of sp³-hybridized carbons (Fsp3) is 0.250. The second-order valence-electron chi connectivity index (χ2n) is 4.38. The average molecular weight is 286 g/mol. The number of hydrogen-bond acceptors (Lipinski definition) is 4. The van der Waals surface area contributed by atoms with Gasteiger partial charge >= 0.3 is 0 Å². The molecule has 0 unspecified atom stereocenters. The van der Waals surface area contributed by atoms with Crippen molar-refractivity contribution in [2.75, 3.05) is 19.0 Å². The minimum absolute atomic E-state index is 0.0634. The van der Waals surface area contributed by atoms with Gasteiger partial charge in [-0.1, -0.05) is 25.1 Å². The van der Waals surface area contributed by atoms with Crippen LogP contribution in [0.3, 0.4) is 0 Å². The van der Waals surface area contributed by atoms with Gasteiger partial charge in [-0.15, -0.1) is 0 Å². The number of nitrogens with zero attached hydrogens (tertiary/aromatic N) is 1. The average Bonchev–Trinajstić information content (AvgIpc) is 2.54. The molecule has 1 heterocycles. The van der Waals surface area contributed by atoms with Crippen LogP contribution in [0.2, 0.25) is 0 Å². The molecule has 2 rings (SSSR count). The number of hydrogen-bond donors (Lipinski definition) is 1. The molecule has 1 N–H and O–H groups in total. The maximum absolute atomic E-state index is 11.9. The van der Waals surface area contributed by atoms with Gasteiger partial charge in [0.2, 0.25) is 5.88 Å². The molecule has 1 aromatic heterocycles. The van der Waals surface area contributed by atoms with Crippen LogP contribution in [0.4, 0.5) is 5.69 Å². The smallest absolute Gasteiger partial charge is 0.262 e. The van der Waals surface area contributed by atoms with Crippen molar-refractivity contribution >= 4 is 11.6 Å². The van der Waals surface area contributed by atoms with Gasteiger partial charge in [0.05, 0.1) is 13.3 Å². The number of aryl methyl sites for hydroxylation is 1. The van der Waals surface area contributed by atoms with Gasteiger partial charge in [0.15, 0.2) is 6.61 Å². The van der Waals surface area contributed by atoms with Gasteiger partial charge in [-0.05, 0) is 24.1 Å². The van der Waals surface area contributed by atoms with Gasteiger partial charge in [0.1, 0.15) is 5.75 Å². The lowest BCUT2D eigenvalue weighted by atomic mass is 10.1. The number of methoxy groups -OCH3 is 1. The fourth-order valence-electron chi connectivity index (χ4n) is 1.86. The molecule has 0 aliphatic carbocycles. The van der Waals surface area contributed by atoms with E-state index in [1.807, 2.05) is 31.2 Å². The highest BCUT2D eigenvalue weighted by Crippen LogP contribution is 2.16. The Kier molecular flexibility index (Phi) is 5.15. The molecule has 21 heavy (non-hydrogen) atoms. The van der Waals surface area contributed by atoms with Crippen LogP contribution >= 0.6 is 0 Å². The van der Waals surface area contributed by atoms with E-state index in [1.165, 1.54) is 6.20 Å². The summed E-state index contributed by atoms with van der Waals surface area (Å²) in [4.78, 5) is 15.9. The topological polar surface area (TPSA) is 60.5 Å². The van der Waals surface area contributed by atoms with Gasteiger partial charge in [0.25, 0.3) is 5.91 Å². The summed E-state index contributed by atoms with van der Waals surface area (Å²) in [6.45, 7) is 1.98. The van der Waals surface area contributed by atoms with Gasteiger partial charge in [-0.25, -0.2) is 4.98 Å². The zero-order chi connectivity index (χ0) is 15.1. The molecule has 5 nitrogen and oxygen atoms in total. The number of ether oxygens (including phenoxy) is 2. The first-order chi connectivity index (χ1) is 10.2. The molecule has 0 bridgehead atoms. The lowest BCUT2D eigenvalue weighted by Gasteiger charge is -2.10. The first-order valence-electron chi connectivity index (χ1n) is 6.73. The number of para-hydroxylation sites is 1. The van der Waals surface area contributed by atoms with E-state index in [1.54, 1.807) is 19.2 Å². The lowest BCUT2D eigenvalue weighted by molar-refractivity contribution is -0.118. The van der Waals surface area contributed by atoms with Crippen molar-refractivity contribution in [1.29, 1.82) is 0 Å². The molecule has 0 atom stereocenters. The lowest BCUT2D eigenvalue weighted by Crippen LogP contribution is -2.20. The number of aromatic nitrogens is 1. The van der Waals surface area contributed by atoms with Crippen molar-refractivity contribution in [3.63, 3.8) is 0 Å². The van der Waals surface area contributed by atoms with Crippen LogP contribution in [0.5, 0.6) is 11.6 Å². The van der Waals surface area contributed by atoms with Crippen molar-refractivity contribution < 1.29 is 14.3 Å². The Balaban J connectivity index is 1.89. The molecule has 0 fully saturated rings. The quantitative estimate of drug-likeness (QED) is 0.887. The van der Waals surface area contributed by atoms with Crippen LogP contribution in [0, 0.1) is 0 Å². The van der Waals surface area contributed by atoms with Crippen LogP contribution in [-0.2, 0) is 11.2 Å². The third kappa shape index (κ3) is 4.21. The van der Waals surface area contributed by atoms with E-state index in [4.69, 9.17) is 9.47 Å². The molecule has 0 aliphatic rings. The van der Waals surface area contributed by atoms with E-state index >= 15 is 0 Å². The maximum atomic E-state index is 11.9. The van der Waals surface area contributed by atoms with Crippen molar-refractivity contribution in [3.05, 3.63) is 48.2 Å². The van der Waals surface area contributed by atoms with Crippen molar-refractivity contribution in [1.82, 2.24) is 4.98 Å². The molecule has 0 aliphatic heterocycles. The number of carbonyl (C=O) groups is 1. The monoisotopic (exact) mass is 286 g/mol. The van der Waals surface area contributed by atoms with Crippen LogP contribution in [0.25, 0.3) is 0 Å². The highest BCUT2D eigenvalue weighted by atomic mass is 16.5. The van der Waals surface area contributed by atoms with E-state index in [0.29, 0.717) is 11.6 Å². The highest BCUT2D eigenvalue weighted by Gasteiger charge is 2.06. The number of carbonyl (C=O) groups excluding carboxylic acids is 1. The second kappa shape index (κ2) is 7.28. The van der Waals surface area contributed by atoms with Crippen LogP contribution < -0.4 is 14.8 Å². The van der Waals surface area contributed by atoms with E-state index in [9.17, 15) is 4.79 Å². The third-order valence-corrected chi connectivity index (χ3v) is 2.96. The molecule has 0 spiro atoms. The number of anilines is 1. The molecule has 0 saturated carbocycles. The number of amides is 1. The van der Waals surface area contributed by atoms with Gasteiger partial charge in [-0.2, -0.15) is 0 Å². The van der Waals surface area contributed by atoms with Gasteiger partial charge in [-0.3, -0.25) is 4.79 Å². The van der Waals surface area contributed by atoms with Crippen LogP contribution in [0.1, 0.15) is 12.5 Å².